The van der Waals surface area contributed by atoms with Crippen molar-refractivity contribution >= 4 is 0 Å². The van der Waals surface area contributed by atoms with E-state index in [1.807, 2.05) is 24.3 Å². The fraction of sp³-hybridized carbons (Fsp3) is 0.333. The maximum absolute atomic E-state index is 6.01. The molecule has 1 heteroatoms. The third kappa shape index (κ3) is 3.37. The molecule has 100 valence electrons. The van der Waals surface area contributed by atoms with Gasteiger partial charge in [-0.2, -0.15) is 0 Å². The summed E-state index contributed by atoms with van der Waals surface area (Å²) < 4.78 is 6.01. The predicted molar refractivity (Wildman–Crippen MR) is 81.1 cm³/mol. The molecule has 0 bridgehead atoms. The lowest BCUT2D eigenvalue weighted by atomic mass is 10.0. The highest BCUT2D eigenvalue weighted by Gasteiger charge is 2.08. The SMILES string of the molecule is CC(C)c1ccc(Oc2ccccc2C(C)C)cc1. The topological polar surface area (TPSA) is 9.23 Å². The van der Waals surface area contributed by atoms with Gasteiger partial charge < -0.3 is 4.74 Å². The first-order valence-electron chi connectivity index (χ1n) is 6.94. The Morgan fingerprint density at radius 3 is 1.95 bits per heavy atom. The smallest absolute Gasteiger partial charge is 0.130 e. The normalized spacial score (nSPS) is 11.1. The highest BCUT2D eigenvalue weighted by atomic mass is 16.5. The first-order valence-corrected chi connectivity index (χ1v) is 6.94. The van der Waals surface area contributed by atoms with Gasteiger partial charge in [0, 0.05) is 0 Å². The quantitative estimate of drug-likeness (QED) is 0.677. The molecule has 1 nitrogen and oxygen atoms in total. The summed E-state index contributed by atoms with van der Waals surface area (Å²) >= 11 is 0. The van der Waals surface area contributed by atoms with Crippen LogP contribution in [0.3, 0.4) is 0 Å². The van der Waals surface area contributed by atoms with E-state index in [9.17, 15) is 0 Å². The first kappa shape index (κ1) is 13.7. The van der Waals surface area contributed by atoms with Gasteiger partial charge in [0.15, 0.2) is 0 Å². The first-order chi connectivity index (χ1) is 9.08. The Labute approximate surface area is 116 Å². The molecule has 2 aromatic rings. The number of rotatable bonds is 4. The van der Waals surface area contributed by atoms with Gasteiger partial charge in [-0.25, -0.2) is 0 Å². The number of benzene rings is 2. The van der Waals surface area contributed by atoms with Gasteiger partial charge in [-0.05, 0) is 41.2 Å². The highest BCUT2D eigenvalue weighted by molar-refractivity contribution is 5.40. The maximum Gasteiger partial charge on any atom is 0.130 e. The zero-order valence-electron chi connectivity index (χ0n) is 12.2. The van der Waals surface area contributed by atoms with Crippen LogP contribution < -0.4 is 4.74 Å². The van der Waals surface area contributed by atoms with Gasteiger partial charge in [0.2, 0.25) is 0 Å². The maximum atomic E-state index is 6.01. The molecule has 0 unspecified atom stereocenters. The minimum Gasteiger partial charge on any atom is -0.457 e. The van der Waals surface area contributed by atoms with Crippen molar-refractivity contribution in [3.8, 4) is 11.5 Å². The molecule has 0 fully saturated rings. The second-order valence-electron chi connectivity index (χ2n) is 5.52. The van der Waals surface area contributed by atoms with Crippen LogP contribution in [0.25, 0.3) is 0 Å². The Balaban J connectivity index is 2.21. The molecule has 0 aliphatic carbocycles. The third-order valence-corrected chi connectivity index (χ3v) is 3.32. The lowest BCUT2D eigenvalue weighted by Gasteiger charge is -2.14. The Bertz CT molecular complexity index is 524. The summed E-state index contributed by atoms with van der Waals surface area (Å²) in [5.41, 5.74) is 2.58. The van der Waals surface area contributed by atoms with Gasteiger partial charge in [0.25, 0.3) is 0 Å². The molecule has 0 aromatic heterocycles. The summed E-state index contributed by atoms with van der Waals surface area (Å²) in [6.45, 7) is 8.77. The van der Waals surface area contributed by atoms with Crippen molar-refractivity contribution in [2.75, 3.05) is 0 Å². The number of ether oxygens (including phenoxy) is 1. The van der Waals surface area contributed by atoms with Crippen molar-refractivity contribution in [2.45, 2.75) is 39.5 Å². The van der Waals surface area contributed by atoms with Crippen LogP contribution in [0.4, 0.5) is 0 Å². The number of hydrogen-bond donors (Lipinski definition) is 0. The molecule has 0 atom stereocenters. The van der Waals surface area contributed by atoms with Gasteiger partial charge >= 0.3 is 0 Å². The molecular formula is C18H22O. The highest BCUT2D eigenvalue weighted by Crippen LogP contribution is 2.30. The van der Waals surface area contributed by atoms with Crippen LogP contribution in [-0.4, -0.2) is 0 Å². The van der Waals surface area contributed by atoms with Crippen molar-refractivity contribution in [1.29, 1.82) is 0 Å². The zero-order chi connectivity index (χ0) is 13.8. The van der Waals surface area contributed by atoms with Crippen LogP contribution >= 0.6 is 0 Å². The molecule has 0 aliphatic heterocycles. The van der Waals surface area contributed by atoms with Crippen molar-refractivity contribution < 1.29 is 4.74 Å². The van der Waals surface area contributed by atoms with Gasteiger partial charge in [0.1, 0.15) is 11.5 Å². The molecule has 19 heavy (non-hydrogen) atoms. The Kier molecular flexibility index (Phi) is 4.26. The Morgan fingerprint density at radius 1 is 0.737 bits per heavy atom. The average Bonchev–Trinajstić information content (AvgIpc) is 2.39. The van der Waals surface area contributed by atoms with Crippen molar-refractivity contribution in [2.24, 2.45) is 0 Å². The van der Waals surface area contributed by atoms with Crippen molar-refractivity contribution in [3.63, 3.8) is 0 Å². The zero-order valence-corrected chi connectivity index (χ0v) is 12.2. The monoisotopic (exact) mass is 254 g/mol. The largest absolute Gasteiger partial charge is 0.457 e. The molecule has 0 heterocycles. The summed E-state index contributed by atoms with van der Waals surface area (Å²) in [4.78, 5) is 0. The summed E-state index contributed by atoms with van der Waals surface area (Å²) in [7, 11) is 0. The van der Waals surface area contributed by atoms with E-state index in [2.05, 4.69) is 52.0 Å². The van der Waals surface area contributed by atoms with E-state index >= 15 is 0 Å². The molecule has 0 saturated carbocycles. The van der Waals surface area contributed by atoms with E-state index in [1.165, 1.54) is 11.1 Å². The molecule has 0 aliphatic rings. The summed E-state index contributed by atoms with van der Waals surface area (Å²) in [5, 5.41) is 0. The van der Waals surface area contributed by atoms with Crippen LogP contribution in [0, 0.1) is 0 Å². The lowest BCUT2D eigenvalue weighted by molar-refractivity contribution is 0.473. The summed E-state index contributed by atoms with van der Waals surface area (Å²) in [6.07, 6.45) is 0. The van der Waals surface area contributed by atoms with Gasteiger partial charge in [-0.1, -0.05) is 58.0 Å². The molecular weight excluding hydrogens is 232 g/mol. The fourth-order valence-electron chi connectivity index (χ4n) is 2.10. The fourth-order valence-corrected chi connectivity index (χ4v) is 2.10. The summed E-state index contributed by atoms with van der Waals surface area (Å²) in [6, 6.07) is 16.6. The molecule has 2 aromatic carbocycles. The van der Waals surface area contributed by atoms with Crippen molar-refractivity contribution in [1.82, 2.24) is 0 Å². The van der Waals surface area contributed by atoms with Gasteiger partial charge in [-0.3, -0.25) is 0 Å². The molecule has 2 rings (SSSR count). The van der Waals surface area contributed by atoms with E-state index < -0.39 is 0 Å². The predicted octanol–water partition coefficient (Wildman–Crippen LogP) is 5.73. The average molecular weight is 254 g/mol. The molecule has 0 saturated heterocycles. The Morgan fingerprint density at radius 2 is 1.37 bits per heavy atom. The van der Waals surface area contributed by atoms with E-state index in [0.717, 1.165) is 11.5 Å². The third-order valence-electron chi connectivity index (χ3n) is 3.32. The minimum atomic E-state index is 0.464. The molecule has 0 amide bonds. The van der Waals surface area contributed by atoms with Crippen LogP contribution in [0.5, 0.6) is 11.5 Å². The second-order valence-corrected chi connectivity index (χ2v) is 5.52. The Hall–Kier alpha value is -1.76. The minimum absolute atomic E-state index is 0.464. The second kappa shape index (κ2) is 5.92. The van der Waals surface area contributed by atoms with Crippen LogP contribution in [0.2, 0.25) is 0 Å². The van der Waals surface area contributed by atoms with E-state index in [4.69, 9.17) is 4.74 Å². The van der Waals surface area contributed by atoms with E-state index in [-0.39, 0.29) is 0 Å². The van der Waals surface area contributed by atoms with Gasteiger partial charge in [-0.15, -0.1) is 0 Å². The van der Waals surface area contributed by atoms with E-state index in [1.54, 1.807) is 0 Å². The van der Waals surface area contributed by atoms with Crippen LogP contribution in [0.15, 0.2) is 48.5 Å². The van der Waals surface area contributed by atoms with E-state index in [0.29, 0.717) is 11.8 Å². The van der Waals surface area contributed by atoms with Crippen molar-refractivity contribution in [3.05, 3.63) is 59.7 Å². The molecule has 0 spiro atoms. The molecule has 0 radical (unpaired) electrons. The van der Waals surface area contributed by atoms with Crippen LogP contribution in [-0.2, 0) is 0 Å². The number of para-hydroxylation sites is 1. The summed E-state index contributed by atoms with van der Waals surface area (Å²) in [5.74, 6) is 2.87. The lowest BCUT2D eigenvalue weighted by Crippen LogP contribution is -1.94. The van der Waals surface area contributed by atoms with Gasteiger partial charge in [0.05, 0.1) is 0 Å². The van der Waals surface area contributed by atoms with Crippen LogP contribution in [0.1, 0.15) is 50.7 Å². The number of hydrogen-bond acceptors (Lipinski definition) is 1. The molecule has 0 N–H and O–H groups in total. The standard InChI is InChI=1S/C18H22O/c1-13(2)15-9-11-16(12-10-15)19-18-8-6-5-7-17(18)14(3)4/h5-14H,1-4H3.